The van der Waals surface area contributed by atoms with Crippen molar-refractivity contribution in [3.63, 3.8) is 0 Å². The molecule has 0 aromatic heterocycles. The Hall–Kier alpha value is -3.12. The van der Waals surface area contributed by atoms with Gasteiger partial charge in [-0.2, -0.15) is 0 Å². The molecule has 0 saturated carbocycles. The van der Waals surface area contributed by atoms with Gasteiger partial charge in [0.1, 0.15) is 0 Å². The largest absolute Gasteiger partial charge is 0.0616 e. The first-order valence-electron chi connectivity index (χ1n) is 9.62. The molecule has 0 bridgehead atoms. The molecule has 27 heavy (non-hydrogen) atoms. The molecule has 0 aliphatic heterocycles. The molecule has 0 saturated heterocycles. The Bertz CT molecular complexity index is 1390. The maximum Gasteiger partial charge on any atom is 0.0165 e. The molecule has 1 aliphatic rings. The molecule has 0 heteroatoms. The first kappa shape index (κ1) is 15.0. The molecule has 0 atom stereocenters. The zero-order valence-corrected chi connectivity index (χ0v) is 15.6. The minimum absolute atomic E-state index is 0.00532. The van der Waals surface area contributed by atoms with Gasteiger partial charge in [0.15, 0.2) is 0 Å². The van der Waals surface area contributed by atoms with Crippen LogP contribution in [0.3, 0.4) is 0 Å². The van der Waals surface area contributed by atoms with Crippen molar-refractivity contribution >= 4 is 32.3 Å². The fraction of sp³-hybridized carbons (Fsp3) is 0.111. The fourth-order valence-corrected chi connectivity index (χ4v) is 5.04. The van der Waals surface area contributed by atoms with Crippen LogP contribution in [0.2, 0.25) is 0 Å². The first-order chi connectivity index (χ1) is 13.1. The lowest BCUT2D eigenvalue weighted by Crippen LogP contribution is -2.15. The van der Waals surface area contributed by atoms with Gasteiger partial charge in [-0.05, 0) is 78.8 Å². The zero-order valence-electron chi connectivity index (χ0n) is 15.6. The van der Waals surface area contributed by atoms with E-state index in [0.29, 0.717) is 0 Å². The lowest BCUT2D eigenvalue weighted by molar-refractivity contribution is 0.667. The Kier molecular flexibility index (Phi) is 2.77. The van der Waals surface area contributed by atoms with Crippen molar-refractivity contribution in [2.45, 2.75) is 19.3 Å². The summed E-state index contributed by atoms with van der Waals surface area (Å²) in [6.07, 6.45) is 0. The topological polar surface area (TPSA) is 0 Å². The van der Waals surface area contributed by atoms with Gasteiger partial charge in [-0.25, -0.2) is 0 Å². The molecular formula is C27H20. The molecule has 0 unspecified atom stereocenters. The van der Waals surface area contributed by atoms with Gasteiger partial charge in [0.2, 0.25) is 0 Å². The molecule has 5 aromatic carbocycles. The number of rotatable bonds is 0. The van der Waals surface area contributed by atoms with Crippen LogP contribution < -0.4 is 0 Å². The number of hydrogen-bond donors (Lipinski definition) is 0. The van der Waals surface area contributed by atoms with E-state index in [0.717, 1.165) is 0 Å². The van der Waals surface area contributed by atoms with Gasteiger partial charge >= 0.3 is 0 Å². The molecule has 0 N–H and O–H groups in total. The summed E-state index contributed by atoms with van der Waals surface area (Å²) in [5, 5.41) is 7.98. The molecular weight excluding hydrogens is 324 g/mol. The molecule has 0 fully saturated rings. The summed E-state index contributed by atoms with van der Waals surface area (Å²) in [7, 11) is 0. The number of fused-ring (bicyclic) bond motifs is 7. The molecule has 0 radical (unpaired) electrons. The van der Waals surface area contributed by atoms with E-state index in [-0.39, 0.29) is 5.41 Å². The molecule has 128 valence electrons. The highest BCUT2D eigenvalue weighted by atomic mass is 14.4. The fourth-order valence-electron chi connectivity index (χ4n) is 5.04. The van der Waals surface area contributed by atoms with Crippen LogP contribution in [0.4, 0.5) is 0 Å². The summed E-state index contributed by atoms with van der Waals surface area (Å²) in [6.45, 7) is 4.74. The van der Waals surface area contributed by atoms with E-state index < -0.39 is 0 Å². The van der Waals surface area contributed by atoms with Crippen molar-refractivity contribution in [3.05, 3.63) is 96.1 Å². The second-order valence-corrected chi connectivity index (χ2v) is 8.28. The third-order valence-electron chi connectivity index (χ3n) is 6.36. The van der Waals surface area contributed by atoms with Gasteiger partial charge in [0.25, 0.3) is 0 Å². The molecule has 0 spiro atoms. The normalized spacial score (nSPS) is 14.6. The van der Waals surface area contributed by atoms with Gasteiger partial charge in [-0.1, -0.05) is 74.5 Å². The van der Waals surface area contributed by atoms with Crippen LogP contribution in [0.1, 0.15) is 25.0 Å². The van der Waals surface area contributed by atoms with E-state index in [9.17, 15) is 0 Å². The minimum atomic E-state index is 0.00532. The Labute approximate surface area is 159 Å². The molecule has 0 amide bonds. The highest BCUT2D eigenvalue weighted by Gasteiger charge is 2.37. The summed E-state index contributed by atoms with van der Waals surface area (Å²) in [4.78, 5) is 0. The summed E-state index contributed by atoms with van der Waals surface area (Å²) in [5.74, 6) is 0. The highest BCUT2D eigenvalue weighted by Crippen LogP contribution is 2.52. The number of benzene rings is 5. The van der Waals surface area contributed by atoms with E-state index >= 15 is 0 Å². The molecule has 5 aromatic rings. The average Bonchev–Trinajstić information content (AvgIpc) is 2.92. The summed E-state index contributed by atoms with van der Waals surface area (Å²) in [6, 6.07) is 31.5. The Morgan fingerprint density at radius 1 is 0.519 bits per heavy atom. The summed E-state index contributed by atoms with van der Waals surface area (Å²) in [5.41, 5.74) is 5.70. The SMILES string of the molecule is CC1(C)c2cc3cc4ccccc4cc3cc2-c2ccc3ccccc3c21. The van der Waals surface area contributed by atoms with Crippen LogP contribution in [-0.4, -0.2) is 0 Å². The Balaban J connectivity index is 1.74. The van der Waals surface area contributed by atoms with Crippen LogP contribution in [0.25, 0.3) is 43.4 Å². The van der Waals surface area contributed by atoms with Crippen molar-refractivity contribution in [2.24, 2.45) is 0 Å². The maximum absolute atomic E-state index is 2.42. The van der Waals surface area contributed by atoms with E-state index in [1.165, 1.54) is 54.6 Å². The monoisotopic (exact) mass is 344 g/mol. The van der Waals surface area contributed by atoms with Crippen molar-refractivity contribution in [3.8, 4) is 11.1 Å². The predicted molar refractivity (Wildman–Crippen MR) is 117 cm³/mol. The molecule has 1 aliphatic carbocycles. The van der Waals surface area contributed by atoms with Crippen molar-refractivity contribution in [1.29, 1.82) is 0 Å². The van der Waals surface area contributed by atoms with E-state index in [1.54, 1.807) is 0 Å². The van der Waals surface area contributed by atoms with Crippen LogP contribution in [0.15, 0.2) is 84.9 Å². The van der Waals surface area contributed by atoms with Gasteiger partial charge < -0.3 is 0 Å². The van der Waals surface area contributed by atoms with Gasteiger partial charge in [0, 0.05) is 5.41 Å². The molecule has 6 rings (SSSR count). The van der Waals surface area contributed by atoms with E-state index in [1.807, 2.05) is 0 Å². The van der Waals surface area contributed by atoms with Gasteiger partial charge in [-0.15, -0.1) is 0 Å². The lowest BCUT2D eigenvalue weighted by Gasteiger charge is -2.23. The van der Waals surface area contributed by atoms with E-state index in [2.05, 4.69) is 98.8 Å². The second kappa shape index (κ2) is 4.98. The van der Waals surface area contributed by atoms with Gasteiger partial charge in [-0.3, -0.25) is 0 Å². The third kappa shape index (κ3) is 1.93. The average molecular weight is 344 g/mol. The molecule has 0 heterocycles. The Morgan fingerprint density at radius 3 is 1.89 bits per heavy atom. The van der Waals surface area contributed by atoms with Crippen LogP contribution in [0, 0.1) is 0 Å². The summed E-state index contributed by atoms with van der Waals surface area (Å²) >= 11 is 0. The first-order valence-corrected chi connectivity index (χ1v) is 9.62. The zero-order chi connectivity index (χ0) is 18.2. The minimum Gasteiger partial charge on any atom is -0.0616 e. The quantitative estimate of drug-likeness (QED) is 0.256. The standard InChI is InChI=1S/C27H20/c1-27(2)25-16-21-14-19-9-4-3-8-18(19)13-20(21)15-24(25)23-12-11-17-7-5-6-10-22(17)26(23)27/h3-16H,1-2H3. The molecule has 0 nitrogen and oxygen atoms in total. The maximum atomic E-state index is 2.42. The van der Waals surface area contributed by atoms with E-state index in [4.69, 9.17) is 0 Å². The van der Waals surface area contributed by atoms with Crippen LogP contribution >= 0.6 is 0 Å². The second-order valence-electron chi connectivity index (χ2n) is 8.28. The predicted octanol–water partition coefficient (Wildman–Crippen LogP) is 7.45. The van der Waals surface area contributed by atoms with Crippen molar-refractivity contribution in [1.82, 2.24) is 0 Å². The lowest BCUT2D eigenvalue weighted by atomic mass is 9.80. The van der Waals surface area contributed by atoms with Crippen molar-refractivity contribution in [2.75, 3.05) is 0 Å². The highest BCUT2D eigenvalue weighted by molar-refractivity contribution is 6.04. The van der Waals surface area contributed by atoms with Crippen LogP contribution in [0.5, 0.6) is 0 Å². The van der Waals surface area contributed by atoms with Gasteiger partial charge in [0.05, 0.1) is 0 Å². The number of hydrogen-bond acceptors (Lipinski definition) is 0. The Morgan fingerprint density at radius 2 is 1.15 bits per heavy atom. The summed E-state index contributed by atoms with van der Waals surface area (Å²) < 4.78 is 0. The van der Waals surface area contributed by atoms with Crippen LogP contribution in [-0.2, 0) is 5.41 Å². The van der Waals surface area contributed by atoms with Crippen molar-refractivity contribution < 1.29 is 0 Å². The smallest absolute Gasteiger partial charge is 0.0165 e. The third-order valence-corrected chi connectivity index (χ3v) is 6.36.